The van der Waals surface area contributed by atoms with Gasteiger partial charge < -0.3 is 14.6 Å². The SMILES string of the molecule is CCC(Oc1cccc(C)c1C)C(=O)NCc1ccc(-n2ccnc2)cc1. The Balaban J connectivity index is 1.59. The van der Waals surface area contributed by atoms with Crippen LogP contribution in [-0.4, -0.2) is 21.6 Å². The summed E-state index contributed by atoms with van der Waals surface area (Å²) in [4.78, 5) is 16.6. The van der Waals surface area contributed by atoms with Gasteiger partial charge in [0.15, 0.2) is 6.10 Å². The lowest BCUT2D eigenvalue weighted by molar-refractivity contribution is -0.128. The monoisotopic (exact) mass is 363 g/mol. The quantitative estimate of drug-likeness (QED) is 0.691. The molecule has 0 saturated carbocycles. The summed E-state index contributed by atoms with van der Waals surface area (Å²) in [5, 5.41) is 2.98. The van der Waals surface area contributed by atoms with Crippen molar-refractivity contribution in [3.05, 3.63) is 77.9 Å². The highest BCUT2D eigenvalue weighted by Gasteiger charge is 2.19. The summed E-state index contributed by atoms with van der Waals surface area (Å²) in [6.07, 6.45) is 5.50. The predicted octanol–water partition coefficient (Wildman–Crippen LogP) is 3.96. The molecular weight excluding hydrogens is 338 g/mol. The number of aromatic nitrogens is 2. The lowest BCUT2D eigenvalue weighted by Gasteiger charge is -2.19. The number of nitrogens with zero attached hydrogens (tertiary/aromatic N) is 2. The van der Waals surface area contributed by atoms with Crippen LogP contribution >= 0.6 is 0 Å². The van der Waals surface area contributed by atoms with Gasteiger partial charge in [-0.1, -0.05) is 31.2 Å². The molecule has 0 bridgehead atoms. The maximum absolute atomic E-state index is 12.6. The molecule has 0 aliphatic heterocycles. The average Bonchev–Trinajstić information content (AvgIpc) is 3.22. The van der Waals surface area contributed by atoms with Crippen LogP contribution in [0.1, 0.15) is 30.0 Å². The minimum Gasteiger partial charge on any atom is -0.480 e. The molecule has 0 aliphatic rings. The van der Waals surface area contributed by atoms with E-state index in [2.05, 4.69) is 10.3 Å². The number of hydrogen-bond acceptors (Lipinski definition) is 3. The first kappa shape index (κ1) is 18.7. The molecule has 0 fully saturated rings. The zero-order chi connectivity index (χ0) is 19.2. The van der Waals surface area contributed by atoms with Gasteiger partial charge in [0.05, 0.1) is 6.33 Å². The lowest BCUT2D eigenvalue weighted by atomic mass is 10.1. The van der Waals surface area contributed by atoms with Gasteiger partial charge in [-0.15, -0.1) is 0 Å². The molecule has 1 atom stereocenters. The summed E-state index contributed by atoms with van der Waals surface area (Å²) in [6.45, 7) is 6.47. The van der Waals surface area contributed by atoms with E-state index in [4.69, 9.17) is 4.74 Å². The van der Waals surface area contributed by atoms with Crippen molar-refractivity contribution in [1.82, 2.24) is 14.9 Å². The number of nitrogens with one attached hydrogen (secondary N) is 1. The molecule has 27 heavy (non-hydrogen) atoms. The molecule has 0 aliphatic carbocycles. The molecule has 0 saturated heterocycles. The summed E-state index contributed by atoms with van der Waals surface area (Å²) in [7, 11) is 0. The fraction of sp³-hybridized carbons (Fsp3) is 0.273. The van der Waals surface area contributed by atoms with Crippen molar-refractivity contribution in [1.29, 1.82) is 0 Å². The lowest BCUT2D eigenvalue weighted by Crippen LogP contribution is -2.37. The van der Waals surface area contributed by atoms with Crippen LogP contribution in [0.5, 0.6) is 5.75 Å². The molecule has 0 radical (unpaired) electrons. The second kappa shape index (κ2) is 8.54. The number of amides is 1. The van der Waals surface area contributed by atoms with Crippen LogP contribution in [-0.2, 0) is 11.3 Å². The van der Waals surface area contributed by atoms with E-state index in [0.29, 0.717) is 13.0 Å². The Morgan fingerprint density at radius 1 is 1.19 bits per heavy atom. The molecule has 5 nitrogen and oxygen atoms in total. The average molecular weight is 363 g/mol. The van der Waals surface area contributed by atoms with Gasteiger partial charge >= 0.3 is 0 Å². The first-order valence-corrected chi connectivity index (χ1v) is 9.16. The van der Waals surface area contributed by atoms with Crippen LogP contribution in [0.25, 0.3) is 5.69 Å². The fourth-order valence-electron chi connectivity index (χ4n) is 2.83. The predicted molar refractivity (Wildman–Crippen MR) is 106 cm³/mol. The van der Waals surface area contributed by atoms with E-state index in [1.54, 1.807) is 12.5 Å². The van der Waals surface area contributed by atoms with Crippen molar-refractivity contribution in [2.45, 2.75) is 39.8 Å². The van der Waals surface area contributed by atoms with E-state index in [9.17, 15) is 4.79 Å². The summed E-state index contributed by atoms with van der Waals surface area (Å²) < 4.78 is 7.91. The molecule has 1 amide bonds. The molecule has 1 unspecified atom stereocenters. The molecular formula is C22H25N3O2. The Labute approximate surface area is 160 Å². The van der Waals surface area contributed by atoms with Gasteiger partial charge in [-0.3, -0.25) is 4.79 Å². The zero-order valence-corrected chi connectivity index (χ0v) is 16.0. The Hall–Kier alpha value is -3.08. The summed E-state index contributed by atoms with van der Waals surface area (Å²) in [5.74, 6) is 0.666. The highest BCUT2D eigenvalue weighted by molar-refractivity contribution is 5.81. The molecule has 140 valence electrons. The third-order valence-electron chi connectivity index (χ3n) is 4.69. The summed E-state index contributed by atoms with van der Waals surface area (Å²) in [5.41, 5.74) is 4.29. The van der Waals surface area contributed by atoms with E-state index in [-0.39, 0.29) is 5.91 Å². The molecule has 1 aromatic heterocycles. The van der Waals surface area contributed by atoms with Gasteiger partial charge in [0.1, 0.15) is 5.75 Å². The smallest absolute Gasteiger partial charge is 0.261 e. The maximum Gasteiger partial charge on any atom is 0.261 e. The number of benzene rings is 2. The molecule has 1 N–H and O–H groups in total. The van der Waals surface area contributed by atoms with E-state index in [0.717, 1.165) is 28.1 Å². The van der Waals surface area contributed by atoms with Gasteiger partial charge in [0.25, 0.3) is 5.91 Å². The topological polar surface area (TPSA) is 56.1 Å². The molecule has 1 heterocycles. The standard InChI is InChI=1S/C22H25N3O2/c1-4-20(27-21-7-5-6-16(2)17(21)3)22(26)24-14-18-8-10-19(11-9-18)25-13-12-23-15-25/h5-13,15,20H,4,14H2,1-3H3,(H,24,26). The molecule has 0 spiro atoms. The fourth-order valence-corrected chi connectivity index (χ4v) is 2.83. The number of imidazole rings is 1. The number of carbonyl (C=O) groups excluding carboxylic acids is 1. The first-order valence-electron chi connectivity index (χ1n) is 9.16. The van der Waals surface area contributed by atoms with Crippen LogP contribution in [0.15, 0.2) is 61.2 Å². The molecule has 3 rings (SSSR count). The third kappa shape index (κ3) is 4.56. The maximum atomic E-state index is 12.6. The molecule has 5 heteroatoms. The second-order valence-corrected chi connectivity index (χ2v) is 6.57. The van der Waals surface area contributed by atoms with Gasteiger partial charge in [-0.2, -0.15) is 0 Å². The zero-order valence-electron chi connectivity index (χ0n) is 16.0. The highest BCUT2D eigenvalue weighted by atomic mass is 16.5. The Morgan fingerprint density at radius 2 is 1.96 bits per heavy atom. The highest BCUT2D eigenvalue weighted by Crippen LogP contribution is 2.22. The third-order valence-corrected chi connectivity index (χ3v) is 4.69. The molecule has 3 aromatic rings. The minimum atomic E-state index is -0.504. The van der Waals surface area contributed by atoms with E-state index >= 15 is 0 Å². The van der Waals surface area contributed by atoms with Gasteiger partial charge in [0, 0.05) is 24.6 Å². The summed E-state index contributed by atoms with van der Waals surface area (Å²) >= 11 is 0. The minimum absolute atomic E-state index is 0.0999. The van der Waals surface area contributed by atoms with Crippen molar-refractivity contribution in [2.75, 3.05) is 0 Å². The number of aryl methyl sites for hydroxylation is 1. The van der Waals surface area contributed by atoms with Crippen molar-refractivity contribution in [3.63, 3.8) is 0 Å². The Bertz CT molecular complexity index is 886. The van der Waals surface area contributed by atoms with E-state index < -0.39 is 6.10 Å². The number of hydrogen-bond donors (Lipinski definition) is 1. The van der Waals surface area contributed by atoms with Gasteiger partial charge in [-0.05, 0) is 55.2 Å². The summed E-state index contributed by atoms with van der Waals surface area (Å²) in [6, 6.07) is 13.9. The second-order valence-electron chi connectivity index (χ2n) is 6.57. The van der Waals surface area contributed by atoms with Crippen molar-refractivity contribution in [3.8, 4) is 11.4 Å². The largest absolute Gasteiger partial charge is 0.480 e. The first-order chi connectivity index (χ1) is 13.1. The van der Waals surface area contributed by atoms with Crippen LogP contribution in [0, 0.1) is 13.8 Å². The van der Waals surface area contributed by atoms with Crippen molar-refractivity contribution in [2.24, 2.45) is 0 Å². The number of rotatable bonds is 7. The van der Waals surface area contributed by atoms with Crippen LogP contribution in [0.2, 0.25) is 0 Å². The van der Waals surface area contributed by atoms with Gasteiger partial charge in [-0.25, -0.2) is 4.98 Å². The number of carbonyl (C=O) groups is 1. The van der Waals surface area contributed by atoms with Crippen molar-refractivity contribution < 1.29 is 9.53 Å². The van der Waals surface area contributed by atoms with Crippen LogP contribution in [0.3, 0.4) is 0 Å². The number of ether oxygens (including phenoxy) is 1. The normalized spacial score (nSPS) is 11.8. The van der Waals surface area contributed by atoms with Crippen LogP contribution in [0.4, 0.5) is 0 Å². The van der Waals surface area contributed by atoms with Crippen LogP contribution < -0.4 is 10.1 Å². The van der Waals surface area contributed by atoms with Crippen molar-refractivity contribution >= 4 is 5.91 Å². The Kier molecular flexibility index (Phi) is 5.91. The van der Waals surface area contributed by atoms with Gasteiger partial charge in [0.2, 0.25) is 0 Å². The Morgan fingerprint density at radius 3 is 2.63 bits per heavy atom. The van der Waals surface area contributed by atoms with E-state index in [1.807, 2.05) is 74.0 Å². The molecule has 2 aromatic carbocycles. The van der Waals surface area contributed by atoms with E-state index in [1.165, 1.54) is 0 Å².